The number of nitrogens with zero attached hydrogens (tertiary/aromatic N) is 3. The van der Waals surface area contributed by atoms with Crippen molar-refractivity contribution in [2.24, 2.45) is 0 Å². The van der Waals surface area contributed by atoms with Gasteiger partial charge in [-0.1, -0.05) is 51.2 Å². The third kappa shape index (κ3) is 4.55. The van der Waals surface area contributed by atoms with Crippen molar-refractivity contribution in [1.29, 1.82) is 0 Å². The Morgan fingerprint density at radius 2 is 1.77 bits per heavy atom. The van der Waals surface area contributed by atoms with Crippen molar-refractivity contribution in [2.45, 2.75) is 52.0 Å². The fraction of sp³-hybridized carbons (Fsp3) is 0.375. The normalized spacial score (nSPS) is 11.4. The highest BCUT2D eigenvalue weighted by Gasteiger charge is 2.25. The number of ether oxygens (including phenoxy) is 1. The number of hydrogen-bond donors (Lipinski definition) is 1. The summed E-state index contributed by atoms with van der Waals surface area (Å²) in [5, 5.41) is 0. The molecule has 0 unspecified atom stereocenters. The van der Waals surface area contributed by atoms with Crippen LogP contribution in [0.25, 0.3) is 22.2 Å². The van der Waals surface area contributed by atoms with Crippen molar-refractivity contribution in [2.75, 3.05) is 12.3 Å². The smallest absolute Gasteiger partial charge is 0.344 e. The first-order valence-electron chi connectivity index (χ1n) is 10.9. The molecule has 0 bridgehead atoms. The topological polar surface area (TPSA) is 96.2 Å². The molecule has 0 saturated heterocycles. The van der Waals surface area contributed by atoms with Gasteiger partial charge in [0.25, 0.3) is 0 Å². The number of unbranched alkanes of at least 4 members (excludes halogenated alkanes) is 5. The Bertz CT molecular complexity index is 1160. The minimum atomic E-state index is -0.459. The van der Waals surface area contributed by atoms with Gasteiger partial charge in [-0.15, -0.1) is 0 Å². The van der Waals surface area contributed by atoms with Gasteiger partial charge in [-0.25, -0.2) is 14.8 Å². The van der Waals surface area contributed by atoms with E-state index < -0.39 is 5.97 Å². The SMILES string of the molecule is CCCCCCCCOC(=O)c1c(N)n(Cc2ccco2)c2nc3ccccc3nc12. The van der Waals surface area contributed by atoms with E-state index in [2.05, 4.69) is 6.92 Å². The number of aromatic nitrogens is 3. The average molecular weight is 421 g/mol. The van der Waals surface area contributed by atoms with E-state index in [-0.39, 0.29) is 11.4 Å². The molecule has 4 rings (SSSR count). The highest BCUT2D eigenvalue weighted by atomic mass is 16.5. The zero-order chi connectivity index (χ0) is 21.6. The number of carbonyl (C=O) groups is 1. The van der Waals surface area contributed by atoms with Crippen molar-refractivity contribution in [1.82, 2.24) is 14.5 Å². The number of benzene rings is 1. The van der Waals surface area contributed by atoms with E-state index in [1.165, 1.54) is 19.3 Å². The molecule has 4 aromatic rings. The number of rotatable bonds is 10. The predicted molar refractivity (Wildman–Crippen MR) is 121 cm³/mol. The second kappa shape index (κ2) is 9.64. The molecule has 0 aliphatic heterocycles. The maximum atomic E-state index is 13.0. The molecule has 1 aromatic carbocycles. The van der Waals surface area contributed by atoms with Crippen LogP contribution in [0.2, 0.25) is 0 Å². The number of furan rings is 1. The van der Waals surface area contributed by atoms with Crippen LogP contribution in [0.3, 0.4) is 0 Å². The second-order valence-electron chi connectivity index (χ2n) is 7.71. The van der Waals surface area contributed by atoms with E-state index in [1.807, 2.05) is 36.4 Å². The van der Waals surface area contributed by atoms with E-state index >= 15 is 0 Å². The number of fused-ring (bicyclic) bond motifs is 2. The Morgan fingerprint density at radius 3 is 2.52 bits per heavy atom. The van der Waals surface area contributed by atoms with E-state index in [1.54, 1.807) is 10.8 Å². The molecule has 0 fully saturated rings. The van der Waals surface area contributed by atoms with Crippen molar-refractivity contribution < 1.29 is 13.9 Å². The van der Waals surface area contributed by atoms with Crippen LogP contribution in [0, 0.1) is 0 Å². The van der Waals surface area contributed by atoms with Crippen LogP contribution in [-0.2, 0) is 11.3 Å². The summed E-state index contributed by atoms with van der Waals surface area (Å²) in [5.74, 6) is 0.541. The van der Waals surface area contributed by atoms with Gasteiger partial charge in [0.1, 0.15) is 22.7 Å². The van der Waals surface area contributed by atoms with E-state index in [9.17, 15) is 4.79 Å². The molecule has 0 atom stereocenters. The molecular weight excluding hydrogens is 392 g/mol. The molecule has 0 saturated carbocycles. The molecule has 2 N–H and O–H groups in total. The zero-order valence-corrected chi connectivity index (χ0v) is 17.8. The number of anilines is 1. The number of para-hydroxylation sites is 2. The van der Waals surface area contributed by atoms with Crippen LogP contribution >= 0.6 is 0 Å². The largest absolute Gasteiger partial charge is 0.467 e. The minimum absolute atomic E-state index is 0.269. The van der Waals surface area contributed by atoms with Gasteiger partial charge in [0.15, 0.2) is 5.65 Å². The summed E-state index contributed by atoms with van der Waals surface area (Å²) in [5.41, 5.74) is 9.13. The summed E-state index contributed by atoms with van der Waals surface area (Å²) in [6, 6.07) is 11.2. The Hall–Kier alpha value is -3.35. The van der Waals surface area contributed by atoms with Crippen molar-refractivity contribution >= 4 is 34.0 Å². The summed E-state index contributed by atoms with van der Waals surface area (Å²) in [6.45, 7) is 2.92. The molecule has 0 amide bonds. The lowest BCUT2D eigenvalue weighted by molar-refractivity contribution is 0.0501. The second-order valence-corrected chi connectivity index (χ2v) is 7.71. The van der Waals surface area contributed by atoms with Crippen molar-refractivity contribution in [3.05, 3.63) is 54.0 Å². The van der Waals surface area contributed by atoms with Gasteiger partial charge in [0, 0.05) is 0 Å². The van der Waals surface area contributed by atoms with Gasteiger partial charge in [-0.2, -0.15) is 0 Å². The quantitative estimate of drug-likeness (QED) is 0.275. The molecule has 0 aliphatic rings. The lowest BCUT2D eigenvalue weighted by Crippen LogP contribution is -2.11. The summed E-state index contributed by atoms with van der Waals surface area (Å²) in [6.07, 6.45) is 8.34. The minimum Gasteiger partial charge on any atom is -0.467 e. The average Bonchev–Trinajstić information content (AvgIpc) is 3.38. The Labute approximate surface area is 181 Å². The van der Waals surface area contributed by atoms with Crippen LogP contribution in [0.1, 0.15) is 61.6 Å². The molecular formula is C24H28N4O3. The monoisotopic (exact) mass is 420 g/mol. The number of esters is 1. The molecule has 3 aromatic heterocycles. The van der Waals surface area contributed by atoms with Gasteiger partial charge in [-0.05, 0) is 30.7 Å². The molecule has 0 radical (unpaired) electrons. The number of hydrogen-bond acceptors (Lipinski definition) is 6. The summed E-state index contributed by atoms with van der Waals surface area (Å²) >= 11 is 0. The number of nitrogens with two attached hydrogens (primary N) is 1. The lowest BCUT2D eigenvalue weighted by atomic mass is 10.1. The summed E-state index contributed by atoms with van der Waals surface area (Å²) in [7, 11) is 0. The van der Waals surface area contributed by atoms with Crippen LogP contribution < -0.4 is 5.73 Å². The highest BCUT2D eigenvalue weighted by molar-refractivity contribution is 6.08. The Kier molecular flexibility index (Phi) is 6.50. The zero-order valence-electron chi connectivity index (χ0n) is 17.8. The van der Waals surface area contributed by atoms with Crippen LogP contribution in [0.5, 0.6) is 0 Å². The third-order valence-corrected chi connectivity index (χ3v) is 5.42. The molecule has 0 spiro atoms. The van der Waals surface area contributed by atoms with Gasteiger partial charge in [0.05, 0.1) is 30.4 Å². The molecule has 162 valence electrons. The molecule has 31 heavy (non-hydrogen) atoms. The van der Waals surface area contributed by atoms with E-state index in [4.69, 9.17) is 24.9 Å². The standard InChI is InChI=1S/C24H28N4O3/c1-2-3-4-5-6-9-14-31-24(29)20-21-23(27-19-13-8-7-12-18(19)26-21)28(22(20)25)16-17-11-10-15-30-17/h7-8,10-13,15H,2-6,9,14,16,25H2,1H3. The summed E-state index contributed by atoms with van der Waals surface area (Å²) in [4.78, 5) is 22.4. The number of carbonyl (C=O) groups excluding carboxylic acids is 1. The molecule has 7 heteroatoms. The Morgan fingerprint density at radius 1 is 1.03 bits per heavy atom. The first kappa shape index (κ1) is 20.9. The summed E-state index contributed by atoms with van der Waals surface area (Å²) < 4.78 is 12.8. The van der Waals surface area contributed by atoms with Crippen LogP contribution in [-0.4, -0.2) is 27.1 Å². The van der Waals surface area contributed by atoms with E-state index in [0.717, 1.165) is 24.8 Å². The van der Waals surface area contributed by atoms with Gasteiger partial charge < -0.3 is 19.5 Å². The maximum absolute atomic E-state index is 13.0. The highest BCUT2D eigenvalue weighted by Crippen LogP contribution is 2.29. The maximum Gasteiger partial charge on any atom is 0.344 e. The molecule has 3 heterocycles. The van der Waals surface area contributed by atoms with Crippen molar-refractivity contribution in [3.63, 3.8) is 0 Å². The molecule has 0 aliphatic carbocycles. The number of nitrogen functional groups attached to an aromatic ring is 1. The Balaban J connectivity index is 1.61. The fourth-order valence-corrected chi connectivity index (χ4v) is 3.76. The van der Waals surface area contributed by atoms with Crippen LogP contribution in [0.15, 0.2) is 47.1 Å². The van der Waals surface area contributed by atoms with Gasteiger partial charge in [0.2, 0.25) is 0 Å². The first-order chi connectivity index (χ1) is 15.2. The van der Waals surface area contributed by atoms with E-state index in [0.29, 0.717) is 35.6 Å². The molecule has 7 nitrogen and oxygen atoms in total. The van der Waals surface area contributed by atoms with Gasteiger partial charge in [-0.3, -0.25) is 0 Å². The van der Waals surface area contributed by atoms with Crippen molar-refractivity contribution in [3.8, 4) is 0 Å². The third-order valence-electron chi connectivity index (χ3n) is 5.42. The van der Waals surface area contributed by atoms with Gasteiger partial charge >= 0.3 is 5.97 Å². The fourth-order valence-electron chi connectivity index (χ4n) is 3.76. The lowest BCUT2D eigenvalue weighted by Gasteiger charge is -2.06. The predicted octanol–water partition coefficient (Wildman–Crippen LogP) is 5.33. The van der Waals surface area contributed by atoms with Crippen LogP contribution in [0.4, 0.5) is 5.82 Å². The first-order valence-corrected chi connectivity index (χ1v) is 10.9.